The maximum Gasteiger partial charge on any atom is 0.294 e. The molecule has 2 heterocycles. The van der Waals surface area contributed by atoms with Gasteiger partial charge in [-0.1, -0.05) is 17.7 Å². The van der Waals surface area contributed by atoms with E-state index in [9.17, 15) is 23.2 Å². The van der Waals surface area contributed by atoms with E-state index in [4.69, 9.17) is 32.7 Å². The molecule has 3 aromatic rings. The molecule has 4 rings (SSSR count). The topological polar surface area (TPSA) is 111 Å². The summed E-state index contributed by atoms with van der Waals surface area (Å²) in [5.74, 6) is -2.90. The number of imide groups is 1. The van der Waals surface area contributed by atoms with Crippen LogP contribution in [0.25, 0.3) is 6.08 Å². The number of thioether (sulfide) groups is 1. The highest BCUT2D eigenvalue weighted by Gasteiger charge is 2.36. The fourth-order valence-electron chi connectivity index (χ4n) is 3.18. The van der Waals surface area contributed by atoms with Crippen LogP contribution >= 0.6 is 35.0 Å². The van der Waals surface area contributed by atoms with Gasteiger partial charge in [-0.05, 0) is 72.3 Å². The largest absolute Gasteiger partial charge is 0.490 e. The number of ether oxygens (including phenoxy) is 2. The molecule has 196 valence electrons. The predicted octanol–water partition coefficient (Wildman–Crippen LogP) is 5.93. The average molecular weight is 581 g/mol. The van der Waals surface area contributed by atoms with E-state index in [0.717, 1.165) is 17.2 Å². The summed E-state index contributed by atoms with van der Waals surface area (Å²) in [6.07, 6.45) is 2.31. The molecule has 14 heteroatoms. The third kappa shape index (κ3) is 6.39. The molecule has 38 heavy (non-hydrogen) atoms. The number of nitrogens with one attached hydrogen (secondary N) is 1. The first-order valence-electron chi connectivity index (χ1n) is 10.8. The van der Waals surface area contributed by atoms with E-state index in [1.54, 1.807) is 13.0 Å². The van der Waals surface area contributed by atoms with Crippen LogP contribution in [0.4, 0.5) is 19.3 Å². The second kappa shape index (κ2) is 11.8. The maximum absolute atomic E-state index is 14.0. The number of benzene rings is 2. The van der Waals surface area contributed by atoms with E-state index in [1.165, 1.54) is 30.3 Å². The summed E-state index contributed by atoms with van der Waals surface area (Å²) >= 11 is 12.1. The first-order chi connectivity index (χ1) is 18.1. The van der Waals surface area contributed by atoms with E-state index >= 15 is 0 Å². The SMILES string of the molecule is CCOc1cc(/C=C2/SC(=O)N(CC(=O)Nc3ccc(F)c(Cl)c3)C2=O)ccc1Oc1nc(Cl)ncc1F. The van der Waals surface area contributed by atoms with Crippen LogP contribution in [0.3, 0.4) is 0 Å². The van der Waals surface area contributed by atoms with Crippen molar-refractivity contribution in [2.24, 2.45) is 0 Å². The zero-order valence-electron chi connectivity index (χ0n) is 19.3. The minimum absolute atomic E-state index is 0.0670. The van der Waals surface area contributed by atoms with E-state index in [-0.39, 0.29) is 39.0 Å². The van der Waals surface area contributed by atoms with Crippen molar-refractivity contribution in [3.63, 3.8) is 0 Å². The van der Waals surface area contributed by atoms with Crippen LogP contribution in [0.1, 0.15) is 12.5 Å². The molecule has 0 aliphatic carbocycles. The van der Waals surface area contributed by atoms with Crippen molar-refractivity contribution in [1.29, 1.82) is 0 Å². The molecule has 1 saturated heterocycles. The number of nitrogens with zero attached hydrogens (tertiary/aromatic N) is 3. The highest BCUT2D eigenvalue weighted by atomic mass is 35.5. The number of halogens is 4. The van der Waals surface area contributed by atoms with E-state index in [2.05, 4.69) is 15.3 Å². The zero-order valence-corrected chi connectivity index (χ0v) is 21.7. The number of amides is 3. The minimum Gasteiger partial charge on any atom is -0.490 e. The van der Waals surface area contributed by atoms with E-state index in [0.29, 0.717) is 17.3 Å². The van der Waals surface area contributed by atoms with Crippen LogP contribution in [0.5, 0.6) is 17.4 Å². The van der Waals surface area contributed by atoms with Crippen molar-refractivity contribution in [1.82, 2.24) is 14.9 Å². The van der Waals surface area contributed by atoms with Crippen molar-refractivity contribution in [3.8, 4) is 17.4 Å². The van der Waals surface area contributed by atoms with Gasteiger partial charge < -0.3 is 14.8 Å². The Bertz CT molecular complexity index is 1470. The quantitative estimate of drug-likeness (QED) is 0.258. The van der Waals surface area contributed by atoms with Crippen molar-refractivity contribution < 1.29 is 32.6 Å². The Kier molecular flexibility index (Phi) is 8.45. The third-order valence-electron chi connectivity index (χ3n) is 4.83. The van der Waals surface area contributed by atoms with Gasteiger partial charge >= 0.3 is 0 Å². The van der Waals surface area contributed by atoms with Crippen molar-refractivity contribution in [2.45, 2.75) is 6.92 Å². The summed E-state index contributed by atoms with van der Waals surface area (Å²) < 4.78 is 38.4. The molecule has 3 amide bonds. The van der Waals surface area contributed by atoms with Crippen LogP contribution in [0.15, 0.2) is 47.5 Å². The van der Waals surface area contributed by atoms with Crippen LogP contribution < -0.4 is 14.8 Å². The second-order valence-corrected chi connectivity index (χ2v) is 9.22. The molecule has 1 aromatic heterocycles. The molecule has 1 fully saturated rings. The number of aromatic nitrogens is 2. The number of rotatable bonds is 8. The minimum atomic E-state index is -0.832. The molecule has 0 spiro atoms. The Morgan fingerprint density at radius 2 is 1.92 bits per heavy atom. The summed E-state index contributed by atoms with van der Waals surface area (Å²) in [6, 6.07) is 8.13. The Balaban J connectivity index is 1.49. The number of carbonyl (C=O) groups is 3. The van der Waals surface area contributed by atoms with Crippen LogP contribution in [0, 0.1) is 11.6 Å². The lowest BCUT2D eigenvalue weighted by molar-refractivity contribution is -0.127. The Labute approximate surface area is 228 Å². The Morgan fingerprint density at radius 3 is 2.66 bits per heavy atom. The molecule has 0 bridgehead atoms. The summed E-state index contributed by atoms with van der Waals surface area (Å²) in [7, 11) is 0. The molecule has 0 atom stereocenters. The summed E-state index contributed by atoms with van der Waals surface area (Å²) in [5, 5.41) is 1.42. The first kappa shape index (κ1) is 27.3. The molecule has 1 aliphatic heterocycles. The van der Waals surface area contributed by atoms with Gasteiger partial charge in [-0.15, -0.1) is 0 Å². The Hall–Kier alpha value is -3.74. The second-order valence-electron chi connectivity index (χ2n) is 7.48. The van der Waals surface area contributed by atoms with Gasteiger partial charge in [0.15, 0.2) is 11.5 Å². The normalized spacial score (nSPS) is 14.2. The van der Waals surface area contributed by atoms with Crippen molar-refractivity contribution in [3.05, 3.63) is 75.0 Å². The molecular weight excluding hydrogens is 565 g/mol. The summed E-state index contributed by atoms with van der Waals surface area (Å²) in [6.45, 7) is 1.42. The lowest BCUT2D eigenvalue weighted by Gasteiger charge is -2.13. The Morgan fingerprint density at radius 1 is 1.13 bits per heavy atom. The van der Waals surface area contributed by atoms with Crippen LogP contribution in [-0.4, -0.2) is 45.1 Å². The molecule has 1 N–H and O–H groups in total. The van der Waals surface area contributed by atoms with Gasteiger partial charge in [-0.2, -0.15) is 9.37 Å². The maximum atomic E-state index is 14.0. The van der Waals surface area contributed by atoms with E-state index < -0.39 is 41.1 Å². The van der Waals surface area contributed by atoms with Crippen molar-refractivity contribution in [2.75, 3.05) is 18.5 Å². The third-order valence-corrected chi connectivity index (χ3v) is 6.21. The molecule has 1 aliphatic rings. The average Bonchev–Trinajstić information content (AvgIpc) is 3.12. The lowest BCUT2D eigenvalue weighted by Crippen LogP contribution is -2.36. The van der Waals surface area contributed by atoms with Gasteiger partial charge in [-0.25, -0.2) is 9.37 Å². The smallest absolute Gasteiger partial charge is 0.294 e. The molecular formula is C24H16Cl2F2N4O5S. The first-order valence-corrected chi connectivity index (χ1v) is 12.3. The van der Waals surface area contributed by atoms with E-state index in [1.807, 2.05) is 0 Å². The van der Waals surface area contributed by atoms with Crippen molar-refractivity contribution >= 4 is 63.8 Å². The fraction of sp³-hybridized carbons (Fsp3) is 0.125. The predicted molar refractivity (Wildman–Crippen MR) is 137 cm³/mol. The standard InChI is InChI=1S/C24H16Cl2F2N4O5S/c1-2-36-18-7-12(3-6-17(18)37-21-16(28)10-29-23(26)31-21)8-19-22(34)32(24(35)38-19)11-20(33)30-13-4-5-15(27)14(25)9-13/h3-10H,2,11H2,1H3,(H,30,33)/b19-8+. The van der Waals surface area contributed by atoms with Crippen LogP contribution in [-0.2, 0) is 9.59 Å². The number of hydrogen-bond acceptors (Lipinski definition) is 8. The van der Waals surface area contributed by atoms with Gasteiger partial charge in [-0.3, -0.25) is 19.3 Å². The van der Waals surface area contributed by atoms with Gasteiger partial charge in [0.1, 0.15) is 12.4 Å². The monoisotopic (exact) mass is 580 g/mol. The highest BCUT2D eigenvalue weighted by molar-refractivity contribution is 8.18. The molecule has 0 saturated carbocycles. The van der Waals surface area contributed by atoms with Crippen LogP contribution in [0.2, 0.25) is 10.3 Å². The summed E-state index contributed by atoms with van der Waals surface area (Å²) in [5.41, 5.74) is 0.677. The zero-order chi connectivity index (χ0) is 27.4. The van der Waals surface area contributed by atoms with Gasteiger partial charge in [0.2, 0.25) is 17.0 Å². The number of hydrogen-bond donors (Lipinski definition) is 1. The highest BCUT2D eigenvalue weighted by Crippen LogP contribution is 2.36. The van der Waals surface area contributed by atoms with Gasteiger partial charge in [0, 0.05) is 5.69 Å². The molecule has 0 unspecified atom stereocenters. The van der Waals surface area contributed by atoms with Gasteiger partial charge in [0.25, 0.3) is 17.0 Å². The molecule has 2 aromatic carbocycles. The fourth-order valence-corrected chi connectivity index (χ4v) is 4.32. The number of carbonyl (C=O) groups excluding carboxylic acids is 3. The summed E-state index contributed by atoms with van der Waals surface area (Å²) in [4.78, 5) is 45.7. The lowest BCUT2D eigenvalue weighted by atomic mass is 10.2. The van der Waals surface area contributed by atoms with Gasteiger partial charge in [0.05, 0.1) is 22.7 Å². The molecule has 0 radical (unpaired) electrons. The number of anilines is 1. The molecule has 9 nitrogen and oxygen atoms in total.